The fraction of sp³-hybridized carbons (Fsp3) is 0.250. The van der Waals surface area contributed by atoms with Gasteiger partial charge in [0.1, 0.15) is 0 Å². The van der Waals surface area contributed by atoms with Gasteiger partial charge in [0.05, 0.1) is 27.4 Å². The molecule has 2 aromatic carbocycles. The number of carboxylic acids is 1. The van der Waals surface area contributed by atoms with Crippen molar-refractivity contribution in [3.8, 4) is 11.5 Å². The lowest BCUT2D eigenvalue weighted by Crippen LogP contribution is -2.00. The topological polar surface area (TPSA) is 74.2 Å². The van der Waals surface area contributed by atoms with Crippen molar-refractivity contribution in [1.82, 2.24) is 0 Å². The molecule has 1 heterocycles. The van der Waals surface area contributed by atoms with Crippen molar-refractivity contribution >= 4 is 11.5 Å². The second-order valence-electron chi connectivity index (χ2n) is 5.66. The minimum atomic E-state index is -1.03. The highest BCUT2D eigenvalue weighted by molar-refractivity contribution is 5.95. The van der Waals surface area contributed by atoms with E-state index in [4.69, 9.17) is 18.9 Å². The van der Waals surface area contributed by atoms with E-state index >= 15 is 0 Å². The Labute approximate surface area is 151 Å². The Morgan fingerprint density at radius 1 is 1.00 bits per heavy atom. The van der Waals surface area contributed by atoms with E-state index in [1.165, 1.54) is 6.08 Å². The van der Waals surface area contributed by atoms with Crippen LogP contribution in [0, 0.1) is 0 Å². The van der Waals surface area contributed by atoms with Gasteiger partial charge in [-0.1, -0.05) is 30.3 Å². The molecule has 136 valence electrons. The summed E-state index contributed by atoms with van der Waals surface area (Å²) in [6.45, 7) is 1.14. The maximum Gasteiger partial charge on any atom is 0.328 e. The molecular formula is C20H20O6. The van der Waals surface area contributed by atoms with Crippen molar-refractivity contribution in [3.05, 3.63) is 65.2 Å². The highest BCUT2D eigenvalue weighted by Gasteiger charge is 2.18. The van der Waals surface area contributed by atoms with Gasteiger partial charge < -0.3 is 24.1 Å². The Kier molecular flexibility index (Phi) is 5.55. The lowest BCUT2D eigenvalue weighted by Gasteiger charge is -2.14. The number of methoxy groups -OCH3 is 2. The first kappa shape index (κ1) is 18.0. The van der Waals surface area contributed by atoms with Crippen molar-refractivity contribution in [1.29, 1.82) is 0 Å². The highest BCUT2D eigenvalue weighted by atomic mass is 16.7. The molecule has 3 rings (SSSR count). The van der Waals surface area contributed by atoms with E-state index in [0.29, 0.717) is 35.8 Å². The predicted molar refractivity (Wildman–Crippen MR) is 95.3 cm³/mol. The number of carboxylic acid groups (broad SMARTS) is 1. The molecule has 0 atom stereocenters. The summed E-state index contributed by atoms with van der Waals surface area (Å²) in [5.41, 5.74) is 2.94. The number of hydrogen-bond donors (Lipinski definition) is 1. The van der Waals surface area contributed by atoms with Crippen LogP contribution >= 0.6 is 0 Å². The standard InChI is InChI=1S/C20H20O6/c1-23-17-8-7-15(11-18(17)24-2)16(12-19(21)22)13-3-5-14(6-4-13)20-25-9-10-26-20/h3-8,11-12,20H,9-10H2,1-2H3,(H,21,22)/b16-12-. The Morgan fingerprint density at radius 2 is 1.62 bits per heavy atom. The van der Waals surface area contributed by atoms with Crippen molar-refractivity contribution in [3.63, 3.8) is 0 Å². The van der Waals surface area contributed by atoms with Crippen molar-refractivity contribution < 1.29 is 28.8 Å². The van der Waals surface area contributed by atoms with E-state index in [1.54, 1.807) is 32.4 Å². The molecule has 1 fully saturated rings. The molecule has 0 aliphatic carbocycles. The molecule has 2 aromatic rings. The van der Waals surface area contributed by atoms with Crippen LogP contribution in [0.3, 0.4) is 0 Å². The van der Waals surface area contributed by atoms with Gasteiger partial charge in [0, 0.05) is 11.6 Å². The lowest BCUT2D eigenvalue weighted by molar-refractivity contribution is -0.131. The maximum atomic E-state index is 11.3. The third kappa shape index (κ3) is 3.87. The van der Waals surface area contributed by atoms with Gasteiger partial charge in [0.25, 0.3) is 0 Å². The summed E-state index contributed by atoms with van der Waals surface area (Å²) in [5, 5.41) is 9.29. The summed E-state index contributed by atoms with van der Waals surface area (Å²) >= 11 is 0. The minimum absolute atomic E-state index is 0.364. The average molecular weight is 356 g/mol. The summed E-state index contributed by atoms with van der Waals surface area (Å²) in [7, 11) is 3.09. The van der Waals surface area contributed by atoms with Gasteiger partial charge in [-0.15, -0.1) is 0 Å². The fourth-order valence-electron chi connectivity index (χ4n) is 2.83. The van der Waals surface area contributed by atoms with Crippen LogP contribution in [0.15, 0.2) is 48.5 Å². The Hall–Kier alpha value is -2.83. The molecular weight excluding hydrogens is 336 g/mol. The lowest BCUT2D eigenvalue weighted by atomic mass is 9.96. The van der Waals surface area contributed by atoms with E-state index in [0.717, 1.165) is 11.1 Å². The number of ether oxygens (including phenoxy) is 4. The number of hydrogen-bond acceptors (Lipinski definition) is 5. The Bertz CT molecular complexity index is 804. The molecule has 0 radical (unpaired) electrons. The molecule has 1 aliphatic rings. The molecule has 1 saturated heterocycles. The van der Waals surface area contributed by atoms with Crippen LogP contribution in [0.5, 0.6) is 11.5 Å². The molecule has 1 N–H and O–H groups in total. The highest BCUT2D eigenvalue weighted by Crippen LogP contribution is 2.33. The van der Waals surface area contributed by atoms with Crippen LogP contribution in [-0.2, 0) is 14.3 Å². The maximum absolute atomic E-state index is 11.3. The SMILES string of the molecule is COc1ccc(/C(=C\C(=O)O)c2ccc(C3OCCO3)cc2)cc1OC. The van der Waals surface area contributed by atoms with Crippen molar-refractivity contribution in [2.45, 2.75) is 6.29 Å². The third-order valence-electron chi connectivity index (χ3n) is 4.08. The molecule has 6 heteroatoms. The second kappa shape index (κ2) is 8.03. The Balaban J connectivity index is 1.97. The summed E-state index contributed by atoms with van der Waals surface area (Å²) < 4.78 is 21.5. The van der Waals surface area contributed by atoms with Gasteiger partial charge in [0.2, 0.25) is 0 Å². The number of carbonyl (C=O) groups is 1. The number of aliphatic carboxylic acids is 1. The second-order valence-corrected chi connectivity index (χ2v) is 5.66. The molecule has 0 unspecified atom stereocenters. The number of benzene rings is 2. The Morgan fingerprint density at radius 3 is 2.19 bits per heavy atom. The molecule has 0 spiro atoms. The van der Waals surface area contributed by atoms with Gasteiger partial charge in [-0.05, 0) is 28.8 Å². The predicted octanol–water partition coefficient (Wildman–Crippen LogP) is 3.27. The molecule has 1 aliphatic heterocycles. The molecule has 0 aromatic heterocycles. The van der Waals surface area contributed by atoms with E-state index < -0.39 is 5.97 Å². The average Bonchev–Trinajstić information content (AvgIpc) is 3.20. The van der Waals surface area contributed by atoms with Crippen molar-refractivity contribution in [2.75, 3.05) is 27.4 Å². The van der Waals surface area contributed by atoms with Gasteiger partial charge in [-0.3, -0.25) is 0 Å². The first-order chi connectivity index (χ1) is 12.6. The monoisotopic (exact) mass is 356 g/mol. The van der Waals surface area contributed by atoms with Gasteiger partial charge in [-0.25, -0.2) is 4.79 Å². The zero-order valence-corrected chi connectivity index (χ0v) is 14.6. The smallest absolute Gasteiger partial charge is 0.328 e. The van der Waals surface area contributed by atoms with Crippen LogP contribution in [0.2, 0.25) is 0 Å². The number of rotatable bonds is 6. The van der Waals surface area contributed by atoms with E-state index in [-0.39, 0.29) is 6.29 Å². The fourth-order valence-corrected chi connectivity index (χ4v) is 2.83. The quantitative estimate of drug-likeness (QED) is 0.801. The molecule has 6 nitrogen and oxygen atoms in total. The zero-order chi connectivity index (χ0) is 18.5. The summed E-state index contributed by atoms with van der Waals surface area (Å²) in [6.07, 6.45) is 0.816. The molecule has 0 saturated carbocycles. The summed E-state index contributed by atoms with van der Waals surface area (Å²) in [4.78, 5) is 11.3. The van der Waals surface area contributed by atoms with Crippen LogP contribution in [-0.4, -0.2) is 38.5 Å². The zero-order valence-electron chi connectivity index (χ0n) is 14.6. The van der Waals surface area contributed by atoms with Gasteiger partial charge in [-0.2, -0.15) is 0 Å². The molecule has 0 bridgehead atoms. The van der Waals surface area contributed by atoms with Crippen LogP contribution in [0.1, 0.15) is 23.0 Å². The van der Waals surface area contributed by atoms with Crippen LogP contribution in [0.4, 0.5) is 0 Å². The molecule has 26 heavy (non-hydrogen) atoms. The first-order valence-corrected chi connectivity index (χ1v) is 8.13. The van der Waals surface area contributed by atoms with Crippen molar-refractivity contribution in [2.24, 2.45) is 0 Å². The van der Waals surface area contributed by atoms with Crippen LogP contribution in [0.25, 0.3) is 5.57 Å². The third-order valence-corrected chi connectivity index (χ3v) is 4.08. The van der Waals surface area contributed by atoms with E-state index in [2.05, 4.69) is 0 Å². The summed E-state index contributed by atoms with van der Waals surface area (Å²) in [6, 6.07) is 12.8. The van der Waals surface area contributed by atoms with Crippen LogP contribution < -0.4 is 9.47 Å². The first-order valence-electron chi connectivity index (χ1n) is 8.13. The molecule has 0 amide bonds. The van der Waals surface area contributed by atoms with E-state index in [9.17, 15) is 9.90 Å². The normalized spacial score (nSPS) is 15.1. The van der Waals surface area contributed by atoms with E-state index in [1.807, 2.05) is 24.3 Å². The minimum Gasteiger partial charge on any atom is -0.493 e. The van der Waals surface area contributed by atoms with Gasteiger partial charge >= 0.3 is 5.97 Å². The largest absolute Gasteiger partial charge is 0.493 e. The van der Waals surface area contributed by atoms with Gasteiger partial charge in [0.15, 0.2) is 17.8 Å². The summed E-state index contributed by atoms with van der Waals surface area (Å²) in [5.74, 6) is 0.0868.